The summed E-state index contributed by atoms with van der Waals surface area (Å²) in [5, 5.41) is 5.60. The van der Waals surface area contributed by atoms with Crippen LogP contribution < -0.4 is 15.4 Å². The molecule has 22 heavy (non-hydrogen) atoms. The Morgan fingerprint density at radius 1 is 1.36 bits per heavy atom. The van der Waals surface area contributed by atoms with Crippen molar-refractivity contribution in [3.05, 3.63) is 23.9 Å². The molecule has 0 spiro atoms. The molecule has 2 N–H and O–H groups in total. The molecule has 0 saturated heterocycles. The Balaban J connectivity index is 2.18. The normalized spacial score (nSPS) is 10.5. The minimum Gasteiger partial charge on any atom is -0.478 e. The van der Waals surface area contributed by atoms with Crippen molar-refractivity contribution >= 4 is 6.03 Å². The van der Waals surface area contributed by atoms with Crippen molar-refractivity contribution < 1.29 is 14.3 Å². The Hall–Kier alpha value is -1.82. The molecular weight excluding hydrogens is 282 g/mol. The van der Waals surface area contributed by atoms with Gasteiger partial charge in [0.1, 0.15) is 0 Å². The number of urea groups is 1. The number of carbonyl (C=O) groups excluding carboxylic acids is 1. The van der Waals surface area contributed by atoms with Crippen LogP contribution in [0.5, 0.6) is 5.88 Å². The molecule has 0 bridgehead atoms. The average Bonchev–Trinajstić information content (AvgIpc) is 2.50. The zero-order valence-electron chi connectivity index (χ0n) is 13.7. The fraction of sp³-hybridized carbons (Fsp3) is 0.625. The van der Waals surface area contributed by atoms with E-state index in [0.717, 1.165) is 18.6 Å². The van der Waals surface area contributed by atoms with E-state index in [9.17, 15) is 4.79 Å². The molecule has 0 radical (unpaired) electrons. The van der Waals surface area contributed by atoms with Crippen molar-refractivity contribution in [2.24, 2.45) is 5.92 Å². The molecular formula is C16H27N3O3. The average molecular weight is 309 g/mol. The highest BCUT2D eigenvalue weighted by Gasteiger charge is 2.06. The third kappa shape index (κ3) is 7.83. The molecule has 0 aliphatic heterocycles. The molecule has 1 rings (SSSR count). The Kier molecular flexibility index (Phi) is 8.98. The minimum atomic E-state index is -0.199. The van der Waals surface area contributed by atoms with Gasteiger partial charge in [-0.25, -0.2) is 9.78 Å². The van der Waals surface area contributed by atoms with Crippen molar-refractivity contribution in [3.8, 4) is 5.88 Å². The fourth-order valence-electron chi connectivity index (χ4n) is 1.76. The molecule has 124 valence electrons. The maximum atomic E-state index is 11.7. The molecule has 0 aromatic carbocycles. The second-order valence-corrected chi connectivity index (χ2v) is 5.33. The number of amides is 2. The lowest BCUT2D eigenvalue weighted by Crippen LogP contribution is -2.36. The topological polar surface area (TPSA) is 72.5 Å². The molecule has 0 aliphatic rings. The quantitative estimate of drug-likeness (QED) is 0.651. The summed E-state index contributed by atoms with van der Waals surface area (Å²) in [4.78, 5) is 15.8. The predicted octanol–water partition coefficient (Wildman–Crippen LogP) is 2.34. The van der Waals surface area contributed by atoms with Crippen LogP contribution in [0.1, 0.15) is 32.8 Å². The van der Waals surface area contributed by atoms with Gasteiger partial charge in [-0.1, -0.05) is 19.9 Å². The summed E-state index contributed by atoms with van der Waals surface area (Å²) < 4.78 is 10.9. The summed E-state index contributed by atoms with van der Waals surface area (Å²) in [6.45, 7) is 9.07. The Bertz CT molecular complexity index is 438. The third-order valence-corrected chi connectivity index (χ3v) is 2.77. The van der Waals surface area contributed by atoms with E-state index in [1.165, 1.54) is 0 Å². The molecule has 0 saturated carbocycles. The number of hydrogen-bond donors (Lipinski definition) is 2. The standard InChI is InChI=1S/C16H27N3O3/c1-4-22-15-14(7-5-8-17-15)11-19-16(20)18-9-6-10-21-12-13(2)3/h5,7-8,13H,4,6,9-12H2,1-3H3,(H2,18,19,20). The SMILES string of the molecule is CCOc1ncccc1CNC(=O)NCCCOCC(C)C. The predicted molar refractivity (Wildman–Crippen MR) is 85.9 cm³/mol. The largest absolute Gasteiger partial charge is 0.478 e. The van der Waals surface area contributed by atoms with Gasteiger partial charge in [-0.3, -0.25) is 0 Å². The van der Waals surface area contributed by atoms with Crippen LogP contribution in [-0.2, 0) is 11.3 Å². The minimum absolute atomic E-state index is 0.199. The van der Waals surface area contributed by atoms with E-state index in [1.807, 2.05) is 19.1 Å². The molecule has 6 nitrogen and oxygen atoms in total. The fourth-order valence-corrected chi connectivity index (χ4v) is 1.76. The third-order valence-electron chi connectivity index (χ3n) is 2.77. The Morgan fingerprint density at radius 2 is 2.18 bits per heavy atom. The van der Waals surface area contributed by atoms with Gasteiger partial charge in [0.05, 0.1) is 6.61 Å². The molecule has 0 aliphatic carbocycles. The van der Waals surface area contributed by atoms with Crippen LogP contribution in [0, 0.1) is 5.92 Å². The van der Waals surface area contributed by atoms with E-state index in [0.29, 0.717) is 38.1 Å². The highest BCUT2D eigenvalue weighted by atomic mass is 16.5. The van der Waals surface area contributed by atoms with Crippen molar-refractivity contribution in [3.63, 3.8) is 0 Å². The van der Waals surface area contributed by atoms with Crippen molar-refractivity contribution in [2.45, 2.75) is 33.7 Å². The molecule has 1 heterocycles. The van der Waals surface area contributed by atoms with Crippen LogP contribution in [0.25, 0.3) is 0 Å². The summed E-state index contributed by atoms with van der Waals surface area (Å²) >= 11 is 0. The van der Waals surface area contributed by atoms with Crippen LogP contribution in [0.2, 0.25) is 0 Å². The Morgan fingerprint density at radius 3 is 2.91 bits per heavy atom. The van der Waals surface area contributed by atoms with Gasteiger partial charge in [-0.15, -0.1) is 0 Å². The molecule has 0 unspecified atom stereocenters. The van der Waals surface area contributed by atoms with Gasteiger partial charge in [0.15, 0.2) is 0 Å². The lowest BCUT2D eigenvalue weighted by atomic mass is 10.2. The number of nitrogens with one attached hydrogen (secondary N) is 2. The maximum absolute atomic E-state index is 11.7. The lowest BCUT2D eigenvalue weighted by Gasteiger charge is -2.11. The highest BCUT2D eigenvalue weighted by molar-refractivity contribution is 5.73. The number of rotatable bonds is 10. The molecule has 0 fully saturated rings. The van der Waals surface area contributed by atoms with E-state index in [2.05, 4.69) is 29.5 Å². The van der Waals surface area contributed by atoms with Gasteiger partial charge in [0, 0.05) is 38.1 Å². The number of aromatic nitrogens is 1. The van der Waals surface area contributed by atoms with Crippen LogP contribution in [0.3, 0.4) is 0 Å². The van der Waals surface area contributed by atoms with Crippen LogP contribution in [0.4, 0.5) is 4.79 Å². The summed E-state index contributed by atoms with van der Waals surface area (Å²) in [5.41, 5.74) is 0.861. The highest BCUT2D eigenvalue weighted by Crippen LogP contribution is 2.13. The zero-order valence-corrected chi connectivity index (χ0v) is 13.7. The van der Waals surface area contributed by atoms with Gasteiger partial charge in [0.2, 0.25) is 5.88 Å². The second-order valence-electron chi connectivity index (χ2n) is 5.33. The van der Waals surface area contributed by atoms with Gasteiger partial charge >= 0.3 is 6.03 Å². The summed E-state index contributed by atoms with van der Waals surface area (Å²) in [6.07, 6.45) is 2.48. The first-order valence-corrected chi connectivity index (χ1v) is 7.79. The second kappa shape index (κ2) is 10.8. The van der Waals surface area contributed by atoms with Crippen molar-refractivity contribution in [2.75, 3.05) is 26.4 Å². The summed E-state index contributed by atoms with van der Waals surface area (Å²) in [7, 11) is 0. The van der Waals surface area contributed by atoms with E-state index in [4.69, 9.17) is 9.47 Å². The first-order valence-electron chi connectivity index (χ1n) is 7.79. The first kappa shape index (κ1) is 18.2. The van der Waals surface area contributed by atoms with Gasteiger partial charge in [-0.05, 0) is 25.3 Å². The van der Waals surface area contributed by atoms with Crippen LogP contribution in [-0.4, -0.2) is 37.4 Å². The van der Waals surface area contributed by atoms with Crippen LogP contribution in [0.15, 0.2) is 18.3 Å². The van der Waals surface area contributed by atoms with Gasteiger partial charge in [0.25, 0.3) is 0 Å². The first-order chi connectivity index (χ1) is 10.6. The molecule has 1 aromatic heterocycles. The van der Waals surface area contributed by atoms with Gasteiger partial charge < -0.3 is 20.1 Å². The molecule has 2 amide bonds. The zero-order chi connectivity index (χ0) is 16.2. The Labute approximate surface area is 132 Å². The summed E-state index contributed by atoms with van der Waals surface area (Å²) in [5.74, 6) is 1.10. The number of ether oxygens (including phenoxy) is 2. The number of pyridine rings is 1. The lowest BCUT2D eigenvalue weighted by molar-refractivity contribution is 0.108. The smallest absolute Gasteiger partial charge is 0.315 e. The van der Waals surface area contributed by atoms with E-state index < -0.39 is 0 Å². The van der Waals surface area contributed by atoms with E-state index in [1.54, 1.807) is 6.20 Å². The van der Waals surface area contributed by atoms with Crippen molar-refractivity contribution in [1.29, 1.82) is 0 Å². The maximum Gasteiger partial charge on any atom is 0.315 e. The number of nitrogens with zero attached hydrogens (tertiary/aromatic N) is 1. The number of hydrogen-bond acceptors (Lipinski definition) is 4. The molecule has 1 aromatic rings. The monoisotopic (exact) mass is 309 g/mol. The molecule has 0 atom stereocenters. The van der Waals surface area contributed by atoms with E-state index >= 15 is 0 Å². The van der Waals surface area contributed by atoms with Crippen LogP contribution >= 0.6 is 0 Å². The van der Waals surface area contributed by atoms with Crippen molar-refractivity contribution in [1.82, 2.24) is 15.6 Å². The van der Waals surface area contributed by atoms with E-state index in [-0.39, 0.29) is 6.03 Å². The molecule has 6 heteroatoms. The summed E-state index contributed by atoms with van der Waals surface area (Å²) in [6, 6.07) is 3.51. The van der Waals surface area contributed by atoms with Gasteiger partial charge in [-0.2, -0.15) is 0 Å². The number of carbonyl (C=O) groups is 1.